The molecule has 2 aliphatic heterocycles. The van der Waals surface area contributed by atoms with Crippen LogP contribution in [0, 0.1) is 0 Å². The van der Waals surface area contributed by atoms with Crippen LogP contribution >= 0.6 is 0 Å². The van der Waals surface area contributed by atoms with Crippen LogP contribution in [0.15, 0.2) is 18.2 Å². The summed E-state index contributed by atoms with van der Waals surface area (Å²) >= 11 is 0. The van der Waals surface area contributed by atoms with E-state index in [-0.39, 0.29) is 11.8 Å². The minimum Gasteiger partial charge on any atom is -0.309 e. The topological polar surface area (TPSA) is 49.4 Å². The molecule has 2 heterocycles. The number of nitrogens with zero attached hydrogens (tertiary/aromatic N) is 1. The SMILES string of the molecule is O=C1CCC(=O)N1Cc1ccc2c(c1)CNC2. The predicted molar refractivity (Wildman–Crippen MR) is 61.8 cm³/mol. The molecule has 1 aromatic rings. The van der Waals surface area contributed by atoms with Gasteiger partial charge in [-0.25, -0.2) is 0 Å². The zero-order valence-electron chi connectivity index (χ0n) is 9.53. The molecule has 0 spiro atoms. The summed E-state index contributed by atoms with van der Waals surface area (Å²) in [5.74, 6) is -0.0951. The third-order valence-electron chi connectivity index (χ3n) is 3.40. The molecule has 1 saturated heterocycles. The number of imide groups is 1. The summed E-state index contributed by atoms with van der Waals surface area (Å²) in [5.41, 5.74) is 3.63. The standard InChI is InChI=1S/C13H14N2O2/c16-12-3-4-13(17)15(12)8-9-1-2-10-6-14-7-11(10)5-9/h1-2,5,14H,3-4,6-8H2. The Hall–Kier alpha value is -1.68. The van der Waals surface area contributed by atoms with E-state index in [4.69, 9.17) is 0 Å². The maximum Gasteiger partial charge on any atom is 0.229 e. The first kappa shape index (κ1) is 10.5. The van der Waals surface area contributed by atoms with Crippen LogP contribution in [0.3, 0.4) is 0 Å². The fourth-order valence-electron chi connectivity index (χ4n) is 2.43. The fraction of sp³-hybridized carbons (Fsp3) is 0.385. The number of nitrogens with one attached hydrogen (secondary N) is 1. The summed E-state index contributed by atoms with van der Waals surface area (Å²) in [6, 6.07) is 6.18. The van der Waals surface area contributed by atoms with Gasteiger partial charge in [-0.05, 0) is 16.7 Å². The van der Waals surface area contributed by atoms with Gasteiger partial charge < -0.3 is 5.32 Å². The monoisotopic (exact) mass is 230 g/mol. The first-order valence-corrected chi connectivity index (χ1v) is 5.88. The predicted octanol–water partition coefficient (Wildman–Crippen LogP) is 0.939. The summed E-state index contributed by atoms with van der Waals surface area (Å²) in [6.45, 7) is 2.22. The van der Waals surface area contributed by atoms with Crippen LogP contribution in [0.25, 0.3) is 0 Å². The molecule has 17 heavy (non-hydrogen) atoms. The second-order valence-corrected chi connectivity index (χ2v) is 4.58. The number of rotatable bonds is 2. The van der Waals surface area contributed by atoms with Gasteiger partial charge in [-0.3, -0.25) is 14.5 Å². The molecular formula is C13H14N2O2. The van der Waals surface area contributed by atoms with E-state index in [0.29, 0.717) is 19.4 Å². The molecule has 0 aromatic heterocycles. The Morgan fingerprint density at radius 2 is 1.76 bits per heavy atom. The Bertz CT molecular complexity index is 480. The van der Waals surface area contributed by atoms with Crippen LogP contribution in [0.4, 0.5) is 0 Å². The lowest BCUT2D eigenvalue weighted by Crippen LogP contribution is -2.28. The molecule has 88 valence electrons. The summed E-state index contributed by atoms with van der Waals surface area (Å²) in [6.07, 6.45) is 0.733. The highest BCUT2D eigenvalue weighted by molar-refractivity contribution is 6.01. The van der Waals surface area contributed by atoms with Gasteiger partial charge in [0.1, 0.15) is 0 Å². The summed E-state index contributed by atoms with van der Waals surface area (Å²) in [7, 11) is 0. The number of carbonyl (C=O) groups is 2. The lowest BCUT2D eigenvalue weighted by atomic mass is 10.1. The third kappa shape index (κ3) is 1.85. The third-order valence-corrected chi connectivity index (χ3v) is 3.40. The van der Waals surface area contributed by atoms with Crippen molar-refractivity contribution in [2.75, 3.05) is 0 Å². The first-order valence-electron chi connectivity index (χ1n) is 5.88. The second-order valence-electron chi connectivity index (χ2n) is 4.58. The molecular weight excluding hydrogens is 216 g/mol. The number of benzene rings is 1. The molecule has 1 N–H and O–H groups in total. The van der Waals surface area contributed by atoms with Crippen LogP contribution in [-0.2, 0) is 29.2 Å². The summed E-state index contributed by atoms with van der Waals surface area (Å²) in [5, 5.41) is 3.28. The van der Waals surface area contributed by atoms with E-state index < -0.39 is 0 Å². The number of amides is 2. The van der Waals surface area contributed by atoms with E-state index in [1.165, 1.54) is 16.0 Å². The average molecular weight is 230 g/mol. The van der Waals surface area contributed by atoms with E-state index in [0.717, 1.165) is 18.7 Å². The number of likely N-dealkylation sites (tertiary alicyclic amines) is 1. The van der Waals surface area contributed by atoms with Gasteiger partial charge in [-0.2, -0.15) is 0 Å². The molecule has 1 fully saturated rings. The Kier molecular flexibility index (Phi) is 2.44. The molecule has 2 amide bonds. The van der Waals surface area contributed by atoms with Gasteiger partial charge in [0, 0.05) is 25.9 Å². The molecule has 0 radical (unpaired) electrons. The fourth-order valence-corrected chi connectivity index (χ4v) is 2.43. The number of fused-ring (bicyclic) bond motifs is 1. The highest BCUT2D eigenvalue weighted by Gasteiger charge is 2.28. The summed E-state index contributed by atoms with van der Waals surface area (Å²) < 4.78 is 0. The van der Waals surface area contributed by atoms with Gasteiger partial charge in [-0.1, -0.05) is 18.2 Å². The van der Waals surface area contributed by atoms with Crippen molar-refractivity contribution in [2.45, 2.75) is 32.5 Å². The quantitative estimate of drug-likeness (QED) is 0.769. The molecule has 0 atom stereocenters. The zero-order chi connectivity index (χ0) is 11.8. The number of hydrogen-bond acceptors (Lipinski definition) is 3. The van der Waals surface area contributed by atoms with E-state index in [1.54, 1.807) is 0 Å². The van der Waals surface area contributed by atoms with E-state index in [2.05, 4.69) is 17.4 Å². The maximum absolute atomic E-state index is 11.5. The van der Waals surface area contributed by atoms with E-state index >= 15 is 0 Å². The minimum atomic E-state index is -0.0476. The molecule has 1 aromatic carbocycles. The van der Waals surface area contributed by atoms with Crippen molar-refractivity contribution in [3.8, 4) is 0 Å². The van der Waals surface area contributed by atoms with E-state index in [1.807, 2.05) is 6.07 Å². The van der Waals surface area contributed by atoms with Gasteiger partial charge in [-0.15, -0.1) is 0 Å². The Balaban J connectivity index is 1.81. The smallest absolute Gasteiger partial charge is 0.229 e. The van der Waals surface area contributed by atoms with Crippen LogP contribution in [0.2, 0.25) is 0 Å². The lowest BCUT2D eigenvalue weighted by molar-refractivity contribution is -0.139. The van der Waals surface area contributed by atoms with Crippen molar-refractivity contribution in [1.29, 1.82) is 0 Å². The summed E-state index contributed by atoms with van der Waals surface area (Å²) in [4.78, 5) is 24.4. The largest absolute Gasteiger partial charge is 0.309 e. The van der Waals surface area contributed by atoms with Gasteiger partial charge >= 0.3 is 0 Å². The zero-order valence-corrected chi connectivity index (χ0v) is 9.53. The number of hydrogen-bond donors (Lipinski definition) is 1. The molecule has 4 nitrogen and oxygen atoms in total. The first-order chi connectivity index (χ1) is 8.24. The Morgan fingerprint density at radius 1 is 1.06 bits per heavy atom. The molecule has 4 heteroatoms. The Morgan fingerprint density at radius 3 is 2.53 bits per heavy atom. The van der Waals surface area contributed by atoms with Crippen LogP contribution < -0.4 is 5.32 Å². The van der Waals surface area contributed by atoms with Crippen molar-refractivity contribution < 1.29 is 9.59 Å². The minimum absolute atomic E-state index is 0.0476. The van der Waals surface area contributed by atoms with Crippen molar-refractivity contribution in [3.05, 3.63) is 34.9 Å². The van der Waals surface area contributed by atoms with Gasteiger partial charge in [0.2, 0.25) is 11.8 Å². The van der Waals surface area contributed by atoms with Crippen LogP contribution in [-0.4, -0.2) is 16.7 Å². The molecule has 2 aliphatic rings. The van der Waals surface area contributed by atoms with Gasteiger partial charge in [0.25, 0.3) is 0 Å². The molecule has 0 bridgehead atoms. The molecule has 0 aliphatic carbocycles. The molecule has 0 saturated carbocycles. The van der Waals surface area contributed by atoms with Gasteiger partial charge in [0.05, 0.1) is 6.54 Å². The van der Waals surface area contributed by atoms with Crippen LogP contribution in [0.1, 0.15) is 29.5 Å². The normalized spacial score (nSPS) is 18.9. The van der Waals surface area contributed by atoms with Crippen molar-refractivity contribution >= 4 is 11.8 Å². The molecule has 0 unspecified atom stereocenters. The van der Waals surface area contributed by atoms with Gasteiger partial charge in [0.15, 0.2) is 0 Å². The van der Waals surface area contributed by atoms with Crippen molar-refractivity contribution in [3.63, 3.8) is 0 Å². The highest BCUT2D eigenvalue weighted by atomic mass is 16.2. The molecule has 3 rings (SSSR count). The van der Waals surface area contributed by atoms with Crippen LogP contribution in [0.5, 0.6) is 0 Å². The Labute approximate surface area is 99.6 Å². The van der Waals surface area contributed by atoms with Crippen molar-refractivity contribution in [1.82, 2.24) is 10.2 Å². The second kappa shape index (κ2) is 3.96. The van der Waals surface area contributed by atoms with Crippen molar-refractivity contribution in [2.24, 2.45) is 0 Å². The van der Waals surface area contributed by atoms with E-state index in [9.17, 15) is 9.59 Å². The maximum atomic E-state index is 11.5. The highest BCUT2D eigenvalue weighted by Crippen LogP contribution is 2.20. The number of carbonyl (C=O) groups excluding carboxylic acids is 2. The average Bonchev–Trinajstić information content (AvgIpc) is 2.90. The lowest BCUT2D eigenvalue weighted by Gasteiger charge is -2.14.